The summed E-state index contributed by atoms with van der Waals surface area (Å²) >= 11 is 0. The van der Waals surface area contributed by atoms with E-state index < -0.39 is 0 Å². The molecule has 1 N–H and O–H groups in total. The average Bonchev–Trinajstić information content (AvgIpc) is 2.91. The third-order valence-corrected chi connectivity index (χ3v) is 2.88. The predicted molar refractivity (Wildman–Crippen MR) is 71.8 cm³/mol. The van der Waals surface area contributed by atoms with E-state index in [4.69, 9.17) is 0 Å². The van der Waals surface area contributed by atoms with Crippen LogP contribution in [0.15, 0.2) is 48.9 Å². The first-order chi connectivity index (χ1) is 9.29. The Morgan fingerprint density at radius 3 is 2.79 bits per heavy atom. The van der Waals surface area contributed by atoms with E-state index in [2.05, 4.69) is 15.3 Å². The summed E-state index contributed by atoms with van der Waals surface area (Å²) in [5, 5.41) is 2.57. The van der Waals surface area contributed by atoms with Gasteiger partial charge in [-0.15, -0.1) is 0 Å². The van der Waals surface area contributed by atoms with Gasteiger partial charge in [-0.3, -0.25) is 9.78 Å². The highest BCUT2D eigenvalue weighted by atomic mass is 16.1. The van der Waals surface area contributed by atoms with Crippen molar-refractivity contribution in [2.24, 2.45) is 0 Å². The third-order valence-electron chi connectivity index (χ3n) is 2.88. The summed E-state index contributed by atoms with van der Waals surface area (Å²) in [4.78, 5) is 20.3. The molecule has 1 amide bonds. The highest BCUT2D eigenvalue weighted by molar-refractivity contribution is 5.93. The Hall–Kier alpha value is -2.69. The van der Waals surface area contributed by atoms with Crippen molar-refractivity contribution in [3.05, 3.63) is 54.6 Å². The second-order valence-corrected chi connectivity index (χ2v) is 4.08. The van der Waals surface area contributed by atoms with E-state index in [1.54, 1.807) is 30.0 Å². The highest BCUT2D eigenvalue weighted by Crippen LogP contribution is 2.21. The molecule has 0 aliphatic rings. The van der Waals surface area contributed by atoms with Gasteiger partial charge in [0.1, 0.15) is 11.4 Å². The van der Waals surface area contributed by atoms with Crippen molar-refractivity contribution >= 4 is 11.6 Å². The standard InChI is InChI=1S/C14H12N4O/c1-15-14(19)11-9-18-8-7-16-12(13(18)17-11)10-5-3-2-4-6-10/h2-9H,1H3,(H,15,19). The van der Waals surface area contributed by atoms with Crippen LogP contribution in [0, 0.1) is 0 Å². The molecule has 19 heavy (non-hydrogen) atoms. The molecule has 0 radical (unpaired) electrons. The predicted octanol–water partition coefficient (Wildman–Crippen LogP) is 1.76. The minimum atomic E-state index is -0.206. The number of hydrogen-bond acceptors (Lipinski definition) is 3. The molecular weight excluding hydrogens is 240 g/mol. The van der Waals surface area contributed by atoms with Crippen molar-refractivity contribution < 1.29 is 4.79 Å². The van der Waals surface area contributed by atoms with Gasteiger partial charge in [0.25, 0.3) is 5.91 Å². The van der Waals surface area contributed by atoms with Gasteiger partial charge in [0, 0.05) is 31.2 Å². The van der Waals surface area contributed by atoms with Gasteiger partial charge < -0.3 is 9.72 Å². The molecule has 0 fully saturated rings. The Morgan fingerprint density at radius 2 is 2.05 bits per heavy atom. The van der Waals surface area contributed by atoms with Gasteiger partial charge in [0.15, 0.2) is 5.65 Å². The maximum Gasteiger partial charge on any atom is 0.271 e. The number of rotatable bonds is 2. The number of imidazole rings is 1. The lowest BCUT2D eigenvalue weighted by Crippen LogP contribution is -2.17. The molecule has 2 heterocycles. The summed E-state index contributed by atoms with van der Waals surface area (Å²) in [6.45, 7) is 0. The lowest BCUT2D eigenvalue weighted by atomic mass is 10.1. The quantitative estimate of drug-likeness (QED) is 0.756. The maximum atomic E-state index is 11.6. The zero-order valence-electron chi connectivity index (χ0n) is 10.4. The maximum absolute atomic E-state index is 11.6. The van der Waals surface area contributed by atoms with Crippen LogP contribution in [0.25, 0.3) is 16.9 Å². The van der Waals surface area contributed by atoms with E-state index in [1.165, 1.54) is 0 Å². The molecule has 1 aromatic carbocycles. The van der Waals surface area contributed by atoms with Gasteiger partial charge in [-0.2, -0.15) is 0 Å². The molecule has 0 saturated carbocycles. The fraction of sp³-hybridized carbons (Fsp3) is 0.0714. The Labute approximate surface area is 109 Å². The first kappa shape index (κ1) is 11.4. The lowest BCUT2D eigenvalue weighted by molar-refractivity contribution is 0.0959. The number of aromatic nitrogens is 3. The summed E-state index contributed by atoms with van der Waals surface area (Å²) in [6, 6.07) is 9.78. The molecule has 0 aliphatic carbocycles. The van der Waals surface area contributed by atoms with Crippen LogP contribution >= 0.6 is 0 Å². The van der Waals surface area contributed by atoms with E-state index in [1.807, 2.05) is 30.3 Å². The van der Waals surface area contributed by atoms with Gasteiger partial charge >= 0.3 is 0 Å². The Morgan fingerprint density at radius 1 is 1.26 bits per heavy atom. The fourth-order valence-electron chi connectivity index (χ4n) is 1.96. The first-order valence-corrected chi connectivity index (χ1v) is 5.91. The molecule has 5 nitrogen and oxygen atoms in total. The number of nitrogens with zero attached hydrogens (tertiary/aromatic N) is 3. The monoisotopic (exact) mass is 252 g/mol. The smallest absolute Gasteiger partial charge is 0.271 e. The molecule has 0 atom stereocenters. The number of nitrogens with one attached hydrogen (secondary N) is 1. The molecule has 0 saturated heterocycles. The normalized spacial score (nSPS) is 10.6. The minimum Gasteiger partial charge on any atom is -0.354 e. The van der Waals surface area contributed by atoms with E-state index in [0.29, 0.717) is 11.3 Å². The number of carbonyl (C=O) groups is 1. The van der Waals surface area contributed by atoms with Gasteiger partial charge in [0.05, 0.1) is 0 Å². The lowest BCUT2D eigenvalue weighted by Gasteiger charge is -2.01. The van der Waals surface area contributed by atoms with Crippen LogP contribution in [-0.2, 0) is 0 Å². The molecule has 0 bridgehead atoms. The molecule has 5 heteroatoms. The molecule has 0 spiro atoms. The van der Waals surface area contributed by atoms with E-state index in [-0.39, 0.29) is 5.91 Å². The summed E-state index contributed by atoms with van der Waals surface area (Å²) in [5.41, 5.74) is 2.79. The zero-order chi connectivity index (χ0) is 13.2. The van der Waals surface area contributed by atoms with E-state index in [9.17, 15) is 4.79 Å². The van der Waals surface area contributed by atoms with Crippen molar-refractivity contribution in [2.45, 2.75) is 0 Å². The molecule has 2 aromatic heterocycles. The largest absolute Gasteiger partial charge is 0.354 e. The topological polar surface area (TPSA) is 59.3 Å². The second kappa shape index (κ2) is 4.53. The summed E-state index contributed by atoms with van der Waals surface area (Å²) < 4.78 is 1.81. The van der Waals surface area contributed by atoms with Crippen LogP contribution < -0.4 is 5.32 Å². The van der Waals surface area contributed by atoms with Crippen LogP contribution in [0.3, 0.4) is 0 Å². The molecule has 94 valence electrons. The summed E-state index contributed by atoms with van der Waals surface area (Å²) in [5.74, 6) is -0.206. The van der Waals surface area contributed by atoms with Gasteiger partial charge in [-0.1, -0.05) is 30.3 Å². The number of hydrogen-bond donors (Lipinski definition) is 1. The van der Waals surface area contributed by atoms with Crippen LogP contribution in [-0.4, -0.2) is 27.3 Å². The van der Waals surface area contributed by atoms with Crippen LogP contribution in [0.5, 0.6) is 0 Å². The molecular formula is C14H12N4O. The van der Waals surface area contributed by atoms with Crippen LogP contribution in [0.1, 0.15) is 10.5 Å². The van der Waals surface area contributed by atoms with E-state index >= 15 is 0 Å². The minimum absolute atomic E-state index is 0.206. The molecule has 3 aromatic rings. The molecule has 3 rings (SSSR count). The average molecular weight is 252 g/mol. The van der Waals surface area contributed by atoms with Crippen LogP contribution in [0.2, 0.25) is 0 Å². The van der Waals surface area contributed by atoms with E-state index in [0.717, 1.165) is 11.3 Å². The van der Waals surface area contributed by atoms with Crippen molar-refractivity contribution in [1.82, 2.24) is 19.7 Å². The first-order valence-electron chi connectivity index (χ1n) is 5.91. The molecule has 0 aliphatic heterocycles. The second-order valence-electron chi connectivity index (χ2n) is 4.08. The van der Waals surface area contributed by atoms with Gasteiger partial charge in [0.2, 0.25) is 0 Å². The fourth-order valence-corrected chi connectivity index (χ4v) is 1.96. The third kappa shape index (κ3) is 1.95. The number of fused-ring (bicyclic) bond motifs is 1. The van der Waals surface area contributed by atoms with Crippen molar-refractivity contribution in [1.29, 1.82) is 0 Å². The van der Waals surface area contributed by atoms with Gasteiger partial charge in [-0.25, -0.2) is 4.98 Å². The number of carbonyl (C=O) groups excluding carboxylic acids is 1. The Kier molecular flexibility index (Phi) is 2.72. The SMILES string of the molecule is CNC(=O)c1cn2ccnc(-c3ccccc3)c2n1. The van der Waals surface area contributed by atoms with Crippen LogP contribution in [0.4, 0.5) is 0 Å². The summed E-state index contributed by atoms with van der Waals surface area (Å²) in [7, 11) is 1.59. The summed E-state index contributed by atoms with van der Waals surface area (Å²) in [6.07, 6.45) is 5.17. The highest BCUT2D eigenvalue weighted by Gasteiger charge is 2.12. The Bertz CT molecular complexity index is 734. The van der Waals surface area contributed by atoms with Gasteiger partial charge in [-0.05, 0) is 0 Å². The van der Waals surface area contributed by atoms with Crippen molar-refractivity contribution in [3.8, 4) is 11.3 Å². The van der Waals surface area contributed by atoms with Crippen molar-refractivity contribution in [3.63, 3.8) is 0 Å². The number of benzene rings is 1. The molecule has 0 unspecified atom stereocenters. The number of amides is 1. The van der Waals surface area contributed by atoms with Crippen molar-refractivity contribution in [2.75, 3.05) is 7.05 Å². The Balaban J connectivity index is 2.21. The zero-order valence-corrected chi connectivity index (χ0v) is 10.4.